The number of hydrogen-bond acceptors (Lipinski definition) is 4. The Balaban J connectivity index is 2.17. The Kier molecular flexibility index (Phi) is 5.03. The molecule has 0 radical (unpaired) electrons. The highest BCUT2D eigenvalue weighted by Gasteiger charge is 2.28. The Labute approximate surface area is 116 Å². The molecule has 112 valence electrons. The van der Waals surface area contributed by atoms with Gasteiger partial charge in [-0.25, -0.2) is 18.3 Å². The zero-order valence-corrected chi connectivity index (χ0v) is 11.5. The molecule has 1 fully saturated rings. The van der Waals surface area contributed by atoms with Crippen LogP contribution in [0.4, 0.5) is 8.78 Å². The van der Waals surface area contributed by atoms with Crippen molar-refractivity contribution in [2.75, 3.05) is 6.61 Å². The summed E-state index contributed by atoms with van der Waals surface area (Å²) in [5, 5.41) is 7.30. The summed E-state index contributed by atoms with van der Waals surface area (Å²) < 4.78 is 32.2. The summed E-state index contributed by atoms with van der Waals surface area (Å²) in [6, 6.07) is 0. The van der Waals surface area contributed by atoms with Crippen LogP contribution < -0.4 is 0 Å². The molecule has 0 bridgehead atoms. The second kappa shape index (κ2) is 6.76. The fraction of sp³-hybridized carbons (Fsp3) is 0.769. The molecule has 1 aromatic heterocycles. The molecule has 1 aromatic rings. The van der Waals surface area contributed by atoms with Crippen LogP contribution in [-0.4, -0.2) is 27.6 Å². The van der Waals surface area contributed by atoms with Crippen LogP contribution in [0.25, 0.3) is 0 Å². The summed E-state index contributed by atoms with van der Waals surface area (Å²) in [6.45, 7) is 2.13. The lowest BCUT2D eigenvalue weighted by atomic mass is 9.89. The first-order valence-corrected chi connectivity index (χ1v) is 7.02. The van der Waals surface area contributed by atoms with Gasteiger partial charge in [-0.1, -0.05) is 24.5 Å². The van der Waals surface area contributed by atoms with Gasteiger partial charge in [-0.15, -0.1) is 5.10 Å². The third-order valence-electron chi connectivity index (χ3n) is 3.60. The molecule has 5 nitrogen and oxygen atoms in total. The van der Waals surface area contributed by atoms with Crippen LogP contribution in [0.15, 0.2) is 0 Å². The van der Waals surface area contributed by atoms with Crippen LogP contribution in [0.2, 0.25) is 0 Å². The van der Waals surface area contributed by atoms with E-state index < -0.39 is 18.1 Å². The molecule has 0 amide bonds. The molecule has 1 aliphatic carbocycles. The molecule has 0 aromatic carbocycles. The molecule has 2 rings (SSSR count). The van der Waals surface area contributed by atoms with E-state index in [1.165, 1.54) is 11.1 Å². The quantitative estimate of drug-likeness (QED) is 0.781. The molecule has 0 atom stereocenters. The van der Waals surface area contributed by atoms with E-state index in [0.29, 0.717) is 12.5 Å². The van der Waals surface area contributed by atoms with Crippen molar-refractivity contribution in [2.45, 2.75) is 52.0 Å². The van der Waals surface area contributed by atoms with E-state index in [2.05, 4.69) is 10.3 Å². The van der Waals surface area contributed by atoms with Crippen molar-refractivity contribution in [2.24, 2.45) is 5.92 Å². The molecule has 0 N–H and O–H groups in total. The van der Waals surface area contributed by atoms with Crippen LogP contribution >= 0.6 is 0 Å². The van der Waals surface area contributed by atoms with Gasteiger partial charge < -0.3 is 4.74 Å². The van der Waals surface area contributed by atoms with Gasteiger partial charge >= 0.3 is 5.97 Å². The predicted octanol–water partition coefficient (Wildman–Crippen LogP) is 2.97. The number of hydrogen-bond donors (Lipinski definition) is 0. The van der Waals surface area contributed by atoms with Gasteiger partial charge in [0, 0.05) is 6.54 Å². The first-order chi connectivity index (χ1) is 9.63. The zero-order valence-electron chi connectivity index (χ0n) is 11.5. The summed E-state index contributed by atoms with van der Waals surface area (Å²) in [7, 11) is 0. The predicted molar refractivity (Wildman–Crippen MR) is 67.5 cm³/mol. The van der Waals surface area contributed by atoms with Crippen molar-refractivity contribution in [3.8, 4) is 0 Å². The molecule has 7 heteroatoms. The largest absolute Gasteiger partial charge is 0.461 e. The van der Waals surface area contributed by atoms with Gasteiger partial charge in [-0.2, -0.15) is 0 Å². The third kappa shape index (κ3) is 3.32. The Morgan fingerprint density at radius 1 is 1.40 bits per heavy atom. The minimum Gasteiger partial charge on any atom is -0.461 e. The van der Waals surface area contributed by atoms with Crippen molar-refractivity contribution >= 4 is 5.97 Å². The second-order valence-electron chi connectivity index (χ2n) is 5.03. The van der Waals surface area contributed by atoms with Crippen LogP contribution in [0.5, 0.6) is 0 Å². The molecule has 0 unspecified atom stereocenters. The van der Waals surface area contributed by atoms with Gasteiger partial charge in [-0.3, -0.25) is 0 Å². The van der Waals surface area contributed by atoms with Gasteiger partial charge in [-0.05, 0) is 25.7 Å². The zero-order chi connectivity index (χ0) is 14.5. The number of aromatic nitrogens is 3. The minimum atomic E-state index is -2.78. The standard InChI is InChI=1S/C13H19F2N3O2/c1-2-20-13(19)10-11(12(14)15)18(17-16-10)8-9-6-4-3-5-7-9/h9,12H,2-8H2,1H3. The SMILES string of the molecule is CCOC(=O)c1nnn(CC2CCCCC2)c1C(F)F. The van der Waals surface area contributed by atoms with Gasteiger partial charge in [0.1, 0.15) is 5.69 Å². The monoisotopic (exact) mass is 287 g/mol. The van der Waals surface area contributed by atoms with Crippen LogP contribution in [0.3, 0.4) is 0 Å². The van der Waals surface area contributed by atoms with Gasteiger partial charge in [0.05, 0.1) is 6.61 Å². The molecule has 1 aliphatic rings. The van der Waals surface area contributed by atoms with Gasteiger partial charge in [0.25, 0.3) is 6.43 Å². The van der Waals surface area contributed by atoms with Crippen molar-refractivity contribution in [1.29, 1.82) is 0 Å². The van der Waals surface area contributed by atoms with E-state index in [9.17, 15) is 13.6 Å². The lowest BCUT2D eigenvalue weighted by molar-refractivity contribution is 0.0506. The van der Waals surface area contributed by atoms with Gasteiger partial charge in [0.2, 0.25) is 0 Å². The molecule has 20 heavy (non-hydrogen) atoms. The lowest BCUT2D eigenvalue weighted by Gasteiger charge is -2.21. The summed E-state index contributed by atoms with van der Waals surface area (Å²) in [4.78, 5) is 11.6. The number of rotatable bonds is 5. The van der Waals surface area contributed by atoms with Crippen molar-refractivity contribution in [3.05, 3.63) is 11.4 Å². The van der Waals surface area contributed by atoms with Crippen molar-refractivity contribution in [1.82, 2.24) is 15.0 Å². The number of halogens is 2. The Bertz CT molecular complexity index is 456. The molecule has 1 saturated carbocycles. The summed E-state index contributed by atoms with van der Waals surface area (Å²) in [5.41, 5.74) is -0.785. The van der Waals surface area contributed by atoms with E-state index >= 15 is 0 Å². The normalized spacial score (nSPS) is 16.6. The molecule has 0 saturated heterocycles. The number of esters is 1. The second-order valence-corrected chi connectivity index (χ2v) is 5.03. The maximum absolute atomic E-state index is 13.2. The van der Waals surface area contributed by atoms with E-state index in [4.69, 9.17) is 4.74 Å². The fourth-order valence-electron chi connectivity index (χ4n) is 2.63. The van der Waals surface area contributed by atoms with Crippen molar-refractivity contribution in [3.63, 3.8) is 0 Å². The highest BCUT2D eigenvalue weighted by Crippen LogP contribution is 2.28. The highest BCUT2D eigenvalue weighted by atomic mass is 19.3. The number of nitrogens with zero attached hydrogens (tertiary/aromatic N) is 3. The Hall–Kier alpha value is -1.53. The Morgan fingerprint density at radius 3 is 2.70 bits per heavy atom. The van der Waals surface area contributed by atoms with Gasteiger partial charge in [0.15, 0.2) is 5.69 Å². The summed E-state index contributed by atoms with van der Waals surface area (Å²) in [6.07, 6.45) is 2.67. The summed E-state index contributed by atoms with van der Waals surface area (Å²) >= 11 is 0. The van der Waals surface area contributed by atoms with Crippen LogP contribution in [-0.2, 0) is 11.3 Å². The number of carbonyl (C=O) groups excluding carboxylic acids is 1. The molecular formula is C13H19F2N3O2. The first-order valence-electron chi connectivity index (χ1n) is 7.02. The summed E-state index contributed by atoms with van der Waals surface area (Å²) in [5.74, 6) is -0.504. The smallest absolute Gasteiger partial charge is 0.361 e. The van der Waals surface area contributed by atoms with E-state index in [1.54, 1.807) is 6.92 Å². The number of carbonyl (C=O) groups is 1. The van der Waals surface area contributed by atoms with Crippen LogP contribution in [0, 0.1) is 5.92 Å². The molecule has 1 heterocycles. The van der Waals surface area contributed by atoms with E-state index in [1.807, 2.05) is 0 Å². The maximum Gasteiger partial charge on any atom is 0.361 e. The lowest BCUT2D eigenvalue weighted by Crippen LogP contribution is -2.18. The minimum absolute atomic E-state index is 0.122. The highest BCUT2D eigenvalue weighted by molar-refractivity contribution is 5.88. The van der Waals surface area contributed by atoms with E-state index in [0.717, 1.165) is 25.7 Å². The average molecular weight is 287 g/mol. The molecular weight excluding hydrogens is 268 g/mol. The molecule has 0 spiro atoms. The van der Waals surface area contributed by atoms with Crippen molar-refractivity contribution < 1.29 is 18.3 Å². The Morgan fingerprint density at radius 2 is 2.10 bits per heavy atom. The molecule has 0 aliphatic heterocycles. The average Bonchev–Trinajstić information content (AvgIpc) is 2.84. The fourth-order valence-corrected chi connectivity index (χ4v) is 2.63. The van der Waals surface area contributed by atoms with Crippen LogP contribution in [0.1, 0.15) is 61.6 Å². The third-order valence-corrected chi connectivity index (χ3v) is 3.60. The maximum atomic E-state index is 13.2. The van der Waals surface area contributed by atoms with E-state index in [-0.39, 0.29) is 12.3 Å². The first kappa shape index (κ1) is 14.9. The number of alkyl halides is 2. The number of ether oxygens (including phenoxy) is 1. The topological polar surface area (TPSA) is 57.0 Å².